The van der Waals surface area contributed by atoms with Crippen molar-refractivity contribution in [1.29, 1.82) is 0 Å². The van der Waals surface area contributed by atoms with Gasteiger partial charge in [0.25, 0.3) is 5.89 Å². The topological polar surface area (TPSA) is 111 Å². The number of amidine groups is 1. The van der Waals surface area contributed by atoms with Crippen molar-refractivity contribution in [3.05, 3.63) is 46.0 Å². The molecule has 0 bridgehead atoms. The largest absolute Gasteiger partial charge is 0.415 e. The number of aliphatic imine (C=N–C) groups is 1. The number of nitrogens with two attached hydrogens (primary N) is 1. The van der Waals surface area contributed by atoms with Crippen molar-refractivity contribution < 1.29 is 17.2 Å². The molecule has 1 unspecified atom stereocenters. The molecule has 158 valence electrons. The third kappa shape index (κ3) is 3.32. The Morgan fingerprint density at radius 2 is 1.80 bits per heavy atom. The highest BCUT2D eigenvalue weighted by molar-refractivity contribution is 7.93. The van der Waals surface area contributed by atoms with Gasteiger partial charge in [-0.15, -0.1) is 21.5 Å². The van der Waals surface area contributed by atoms with Crippen molar-refractivity contribution in [1.82, 2.24) is 10.2 Å². The van der Waals surface area contributed by atoms with Crippen LogP contribution >= 0.6 is 22.9 Å². The van der Waals surface area contributed by atoms with Gasteiger partial charge in [0.2, 0.25) is 5.89 Å². The van der Waals surface area contributed by atoms with E-state index in [0.29, 0.717) is 15.5 Å². The molecule has 4 rings (SSSR count). The third-order valence-electron chi connectivity index (χ3n) is 5.14. The van der Waals surface area contributed by atoms with Crippen molar-refractivity contribution in [3.63, 3.8) is 0 Å². The molecular formula is C19H18ClFN4O3S2. The first kappa shape index (κ1) is 21.0. The Bertz CT molecular complexity index is 1270. The zero-order chi connectivity index (χ0) is 21.9. The highest BCUT2D eigenvalue weighted by Crippen LogP contribution is 2.43. The van der Waals surface area contributed by atoms with E-state index in [-0.39, 0.29) is 28.2 Å². The van der Waals surface area contributed by atoms with Gasteiger partial charge in [-0.1, -0.05) is 11.6 Å². The van der Waals surface area contributed by atoms with Gasteiger partial charge in [0.05, 0.1) is 15.5 Å². The summed E-state index contributed by atoms with van der Waals surface area (Å²) < 4.78 is 44.7. The van der Waals surface area contributed by atoms with Crippen molar-refractivity contribution >= 4 is 38.6 Å². The molecule has 0 saturated carbocycles. The van der Waals surface area contributed by atoms with Gasteiger partial charge in [-0.05, 0) is 51.1 Å². The van der Waals surface area contributed by atoms with Crippen LogP contribution in [0.5, 0.6) is 0 Å². The molecule has 11 heteroatoms. The van der Waals surface area contributed by atoms with Crippen LogP contribution in [0.25, 0.3) is 22.2 Å². The number of hydrogen-bond acceptors (Lipinski definition) is 8. The number of benzene rings is 1. The molecule has 1 aromatic carbocycles. The van der Waals surface area contributed by atoms with Crippen LogP contribution in [0.4, 0.5) is 4.39 Å². The highest BCUT2D eigenvalue weighted by Gasteiger charge is 2.50. The van der Waals surface area contributed by atoms with Crippen LogP contribution in [0.1, 0.15) is 25.6 Å². The molecule has 0 aliphatic carbocycles. The van der Waals surface area contributed by atoms with Crippen molar-refractivity contribution in [2.24, 2.45) is 10.7 Å². The first-order chi connectivity index (χ1) is 13.9. The summed E-state index contributed by atoms with van der Waals surface area (Å²) in [4.78, 5) is 4.88. The van der Waals surface area contributed by atoms with E-state index in [1.807, 2.05) is 0 Å². The number of rotatable bonds is 3. The summed E-state index contributed by atoms with van der Waals surface area (Å²) in [5.41, 5.74) is 5.27. The number of thiophene rings is 1. The molecule has 2 N–H and O–H groups in total. The van der Waals surface area contributed by atoms with Gasteiger partial charge in [0, 0.05) is 10.6 Å². The monoisotopic (exact) mass is 468 g/mol. The summed E-state index contributed by atoms with van der Waals surface area (Å²) in [5.74, 6) is -0.629. The average Bonchev–Trinajstić information content (AvgIpc) is 3.27. The predicted molar refractivity (Wildman–Crippen MR) is 115 cm³/mol. The van der Waals surface area contributed by atoms with Gasteiger partial charge >= 0.3 is 0 Å². The van der Waals surface area contributed by atoms with Gasteiger partial charge in [0.15, 0.2) is 9.84 Å². The molecule has 2 aromatic heterocycles. The minimum absolute atomic E-state index is 0.0478. The SMILES string of the molecule is CC1(c2sc(-c3nnc(-c4ccc(Cl)cc4)o3)cc2F)CS(=O)(=O)C(C)(C)C(N)=N1. The summed E-state index contributed by atoms with van der Waals surface area (Å²) in [5, 5.41) is 8.56. The van der Waals surface area contributed by atoms with Gasteiger partial charge in [-0.25, -0.2) is 12.8 Å². The van der Waals surface area contributed by atoms with E-state index in [1.165, 1.54) is 19.9 Å². The van der Waals surface area contributed by atoms with Crippen LogP contribution in [-0.4, -0.2) is 35.0 Å². The smallest absolute Gasteiger partial charge is 0.258 e. The molecule has 1 atom stereocenters. The molecule has 3 heterocycles. The minimum atomic E-state index is -3.65. The van der Waals surface area contributed by atoms with Crippen molar-refractivity contribution in [2.45, 2.75) is 31.1 Å². The van der Waals surface area contributed by atoms with E-state index >= 15 is 0 Å². The Morgan fingerprint density at radius 1 is 1.17 bits per heavy atom. The van der Waals surface area contributed by atoms with Gasteiger partial charge in [-0.2, -0.15) is 0 Å². The van der Waals surface area contributed by atoms with E-state index in [1.54, 1.807) is 31.2 Å². The first-order valence-electron chi connectivity index (χ1n) is 8.91. The Morgan fingerprint density at radius 3 is 2.43 bits per heavy atom. The molecule has 0 amide bonds. The standard InChI is InChI=1S/C19H18ClFN4O3S2/c1-18(2)17(22)23-19(3,9-30(18,26)27)14-12(21)8-13(29-14)16-25-24-15(28-16)10-4-6-11(20)7-5-10/h4-8H,9H2,1-3H3,(H2,22,23). The molecule has 7 nitrogen and oxygen atoms in total. The van der Waals surface area contributed by atoms with Gasteiger partial charge in [-0.3, -0.25) is 4.99 Å². The van der Waals surface area contributed by atoms with Crippen LogP contribution < -0.4 is 5.73 Å². The van der Waals surface area contributed by atoms with E-state index in [9.17, 15) is 12.8 Å². The Hall–Kier alpha value is -2.30. The molecule has 1 aliphatic heterocycles. The average molecular weight is 469 g/mol. The summed E-state index contributed by atoms with van der Waals surface area (Å²) in [6, 6.07) is 8.08. The van der Waals surface area contributed by atoms with Crippen LogP contribution in [0.2, 0.25) is 5.02 Å². The van der Waals surface area contributed by atoms with Crippen molar-refractivity contribution in [2.75, 3.05) is 5.75 Å². The highest BCUT2D eigenvalue weighted by atomic mass is 35.5. The quantitative estimate of drug-likeness (QED) is 0.621. The summed E-state index contributed by atoms with van der Waals surface area (Å²) in [6.45, 7) is 4.54. The van der Waals surface area contributed by atoms with Gasteiger partial charge in [0.1, 0.15) is 21.9 Å². The number of nitrogens with zero attached hydrogens (tertiary/aromatic N) is 3. The zero-order valence-electron chi connectivity index (χ0n) is 16.3. The summed E-state index contributed by atoms with van der Waals surface area (Å²) >= 11 is 6.90. The Balaban J connectivity index is 1.73. The zero-order valence-corrected chi connectivity index (χ0v) is 18.7. The number of sulfone groups is 1. The molecule has 0 fully saturated rings. The minimum Gasteiger partial charge on any atom is -0.415 e. The lowest BCUT2D eigenvalue weighted by Crippen LogP contribution is -2.54. The van der Waals surface area contributed by atoms with Crippen molar-refractivity contribution in [3.8, 4) is 22.2 Å². The Labute approximate surface area is 181 Å². The molecule has 1 aliphatic rings. The second kappa shape index (κ2) is 6.86. The normalized spacial score (nSPS) is 22.6. The first-order valence-corrected chi connectivity index (χ1v) is 11.8. The molecule has 30 heavy (non-hydrogen) atoms. The number of aromatic nitrogens is 2. The Kier molecular flexibility index (Phi) is 4.79. The van der Waals surface area contributed by atoms with Crippen LogP contribution in [0.3, 0.4) is 0 Å². The van der Waals surface area contributed by atoms with Crippen LogP contribution in [0.15, 0.2) is 39.7 Å². The fourth-order valence-electron chi connectivity index (χ4n) is 3.13. The van der Waals surface area contributed by atoms with Crippen LogP contribution in [-0.2, 0) is 15.4 Å². The molecular weight excluding hydrogens is 451 g/mol. The lowest BCUT2D eigenvalue weighted by Gasteiger charge is -2.37. The van der Waals surface area contributed by atoms with E-state index < -0.39 is 25.9 Å². The summed E-state index contributed by atoms with van der Waals surface area (Å²) in [7, 11) is -3.65. The van der Waals surface area contributed by atoms with E-state index in [4.69, 9.17) is 21.8 Å². The number of halogens is 2. The third-order valence-corrected chi connectivity index (χ3v) is 9.45. The summed E-state index contributed by atoms with van der Waals surface area (Å²) in [6.07, 6.45) is 0. The molecule has 0 saturated heterocycles. The lowest BCUT2D eigenvalue weighted by molar-refractivity contribution is 0.486. The molecule has 0 radical (unpaired) electrons. The maximum atomic E-state index is 14.9. The fourth-order valence-corrected chi connectivity index (χ4v) is 6.07. The molecule has 0 spiro atoms. The van der Waals surface area contributed by atoms with Gasteiger partial charge < -0.3 is 10.2 Å². The lowest BCUT2D eigenvalue weighted by atomic mass is 10.0. The maximum Gasteiger partial charge on any atom is 0.258 e. The number of hydrogen-bond donors (Lipinski definition) is 1. The van der Waals surface area contributed by atoms with E-state index in [0.717, 1.165) is 11.3 Å². The molecule has 3 aromatic rings. The van der Waals surface area contributed by atoms with Crippen LogP contribution in [0, 0.1) is 5.82 Å². The van der Waals surface area contributed by atoms with E-state index in [2.05, 4.69) is 15.2 Å². The maximum absolute atomic E-state index is 14.9. The predicted octanol–water partition coefficient (Wildman–Crippen LogP) is 4.04. The second-order valence-corrected chi connectivity index (χ2v) is 11.8. The second-order valence-electron chi connectivity index (χ2n) is 7.75. The fraction of sp³-hybridized carbons (Fsp3) is 0.316.